The normalized spacial score (nSPS) is 33.8. The van der Waals surface area contributed by atoms with Crippen LogP contribution < -0.4 is 0 Å². The first kappa shape index (κ1) is 12.2. The fourth-order valence-corrected chi connectivity index (χ4v) is 3.97. The van der Waals surface area contributed by atoms with Crippen molar-refractivity contribution in [3.05, 3.63) is 47.5 Å². The van der Waals surface area contributed by atoms with Crippen LogP contribution in [0.4, 0.5) is 0 Å². The molecule has 1 aromatic rings. The van der Waals surface area contributed by atoms with E-state index in [1.165, 1.54) is 24.0 Å². The zero-order valence-electron chi connectivity index (χ0n) is 12.2. The van der Waals surface area contributed by atoms with E-state index in [9.17, 15) is 0 Å². The van der Waals surface area contributed by atoms with Crippen molar-refractivity contribution in [2.45, 2.75) is 32.7 Å². The second-order valence-electron chi connectivity index (χ2n) is 6.87. The number of ether oxygens (including phenoxy) is 1. The summed E-state index contributed by atoms with van der Waals surface area (Å²) in [7, 11) is 0. The van der Waals surface area contributed by atoms with Crippen molar-refractivity contribution in [2.75, 3.05) is 6.61 Å². The lowest BCUT2D eigenvalue weighted by Gasteiger charge is -2.56. The number of nitrogens with zero attached hydrogens (tertiary/aromatic N) is 1. The highest BCUT2D eigenvalue weighted by Crippen LogP contribution is 2.59. The molecule has 0 aromatic heterocycles. The molecule has 1 aliphatic heterocycles. The maximum Gasteiger partial charge on any atom is 0.212 e. The SMILES string of the molecule is CC1(C)[C@H]2CC=C(C3=N[C@H](c4ccccc4)CO3)[C@@H]1C2. The van der Waals surface area contributed by atoms with Crippen LogP contribution in [0.2, 0.25) is 0 Å². The Hall–Kier alpha value is -1.57. The van der Waals surface area contributed by atoms with Crippen LogP contribution in [0.5, 0.6) is 0 Å². The van der Waals surface area contributed by atoms with Crippen LogP contribution in [0.15, 0.2) is 47.0 Å². The van der Waals surface area contributed by atoms with E-state index in [0.29, 0.717) is 17.9 Å². The number of aliphatic imine (C=N–C) groups is 1. The molecular formula is C18H21NO. The van der Waals surface area contributed by atoms with E-state index in [2.05, 4.69) is 44.2 Å². The second kappa shape index (κ2) is 4.21. The Bertz CT molecular complexity index is 585. The summed E-state index contributed by atoms with van der Waals surface area (Å²) in [4.78, 5) is 4.85. The van der Waals surface area contributed by atoms with Gasteiger partial charge in [0.05, 0.1) is 0 Å². The smallest absolute Gasteiger partial charge is 0.212 e. The standard InChI is InChI=1S/C18H21NO/c1-18(2)13-8-9-14(15(18)10-13)17-19-16(11-20-17)12-6-4-3-5-7-12/h3-7,9,13,15-16H,8,10-11H2,1-2H3/t13-,15-,16-/m0/s1. The molecule has 5 rings (SSSR count). The number of rotatable bonds is 2. The minimum Gasteiger partial charge on any atom is -0.475 e. The molecule has 2 heteroatoms. The van der Waals surface area contributed by atoms with E-state index in [4.69, 9.17) is 9.73 Å². The molecule has 1 heterocycles. The third kappa shape index (κ3) is 1.67. The Morgan fingerprint density at radius 2 is 2.00 bits per heavy atom. The summed E-state index contributed by atoms with van der Waals surface area (Å²) in [6, 6.07) is 10.6. The topological polar surface area (TPSA) is 21.6 Å². The Labute approximate surface area is 120 Å². The lowest BCUT2D eigenvalue weighted by atomic mass is 9.49. The van der Waals surface area contributed by atoms with E-state index < -0.39 is 0 Å². The van der Waals surface area contributed by atoms with Gasteiger partial charge in [0.1, 0.15) is 12.6 Å². The molecule has 3 aliphatic carbocycles. The zero-order chi connectivity index (χ0) is 13.7. The lowest BCUT2D eigenvalue weighted by molar-refractivity contribution is -0.00323. The number of allylic oxidation sites excluding steroid dienone is 1. The van der Waals surface area contributed by atoms with Gasteiger partial charge in [-0.05, 0) is 35.7 Å². The fraction of sp³-hybridized carbons (Fsp3) is 0.500. The van der Waals surface area contributed by atoms with Gasteiger partial charge in [0.15, 0.2) is 0 Å². The summed E-state index contributed by atoms with van der Waals surface area (Å²) in [5.41, 5.74) is 3.06. The summed E-state index contributed by atoms with van der Waals surface area (Å²) in [5, 5.41) is 0. The number of fused-ring (bicyclic) bond motifs is 1. The Morgan fingerprint density at radius 1 is 1.20 bits per heavy atom. The largest absolute Gasteiger partial charge is 0.475 e. The minimum atomic E-state index is 0.174. The average Bonchev–Trinajstić information content (AvgIpc) is 2.98. The van der Waals surface area contributed by atoms with Crippen molar-refractivity contribution < 1.29 is 4.74 Å². The minimum absolute atomic E-state index is 0.174. The summed E-state index contributed by atoms with van der Waals surface area (Å²) in [6.07, 6.45) is 4.88. The predicted molar refractivity (Wildman–Crippen MR) is 80.6 cm³/mol. The number of hydrogen-bond acceptors (Lipinski definition) is 2. The summed E-state index contributed by atoms with van der Waals surface area (Å²) in [6.45, 7) is 5.47. The van der Waals surface area contributed by atoms with Gasteiger partial charge in [-0.2, -0.15) is 0 Å². The Kier molecular flexibility index (Phi) is 2.57. The molecule has 0 spiro atoms. The predicted octanol–water partition coefficient (Wildman–Crippen LogP) is 4.15. The van der Waals surface area contributed by atoms with Crippen LogP contribution in [0.1, 0.15) is 38.3 Å². The molecule has 20 heavy (non-hydrogen) atoms. The third-order valence-corrected chi connectivity index (χ3v) is 5.55. The third-order valence-electron chi connectivity index (χ3n) is 5.55. The van der Waals surface area contributed by atoms with Gasteiger partial charge in [-0.25, -0.2) is 4.99 Å². The van der Waals surface area contributed by atoms with Crippen molar-refractivity contribution in [3.8, 4) is 0 Å². The van der Waals surface area contributed by atoms with E-state index in [1.807, 2.05) is 6.07 Å². The van der Waals surface area contributed by atoms with Crippen LogP contribution >= 0.6 is 0 Å². The summed E-state index contributed by atoms with van der Waals surface area (Å²) < 4.78 is 5.93. The quantitative estimate of drug-likeness (QED) is 0.789. The van der Waals surface area contributed by atoms with Crippen molar-refractivity contribution >= 4 is 5.90 Å². The molecule has 0 amide bonds. The van der Waals surface area contributed by atoms with Crippen LogP contribution in [0, 0.1) is 17.3 Å². The number of hydrogen-bond donors (Lipinski definition) is 0. The summed E-state index contributed by atoms with van der Waals surface area (Å²) >= 11 is 0. The molecule has 4 aliphatic rings. The van der Waals surface area contributed by atoms with E-state index in [1.54, 1.807) is 0 Å². The Balaban J connectivity index is 1.60. The second-order valence-corrected chi connectivity index (χ2v) is 6.87. The van der Waals surface area contributed by atoms with Crippen LogP contribution in [-0.4, -0.2) is 12.5 Å². The molecule has 1 saturated carbocycles. The van der Waals surface area contributed by atoms with E-state index in [0.717, 1.165) is 11.8 Å². The Morgan fingerprint density at radius 3 is 2.70 bits per heavy atom. The van der Waals surface area contributed by atoms with Gasteiger partial charge in [0.2, 0.25) is 5.90 Å². The zero-order valence-corrected chi connectivity index (χ0v) is 12.2. The number of benzene rings is 1. The van der Waals surface area contributed by atoms with Gasteiger partial charge in [-0.15, -0.1) is 0 Å². The molecule has 3 atom stereocenters. The first-order valence-electron chi connectivity index (χ1n) is 7.62. The fourth-order valence-electron chi connectivity index (χ4n) is 3.97. The van der Waals surface area contributed by atoms with Crippen LogP contribution in [0.3, 0.4) is 0 Å². The van der Waals surface area contributed by atoms with Crippen LogP contribution in [-0.2, 0) is 4.74 Å². The molecule has 0 unspecified atom stereocenters. The average molecular weight is 267 g/mol. The molecule has 0 saturated heterocycles. The van der Waals surface area contributed by atoms with Gasteiger partial charge < -0.3 is 4.74 Å². The van der Waals surface area contributed by atoms with Gasteiger partial charge in [-0.3, -0.25) is 0 Å². The molecule has 1 fully saturated rings. The van der Waals surface area contributed by atoms with Gasteiger partial charge in [-0.1, -0.05) is 50.3 Å². The maximum atomic E-state index is 5.93. The van der Waals surface area contributed by atoms with E-state index in [-0.39, 0.29) is 6.04 Å². The van der Waals surface area contributed by atoms with Crippen molar-refractivity contribution in [2.24, 2.45) is 22.2 Å². The first-order valence-corrected chi connectivity index (χ1v) is 7.62. The molecule has 0 radical (unpaired) electrons. The highest BCUT2D eigenvalue weighted by atomic mass is 16.5. The van der Waals surface area contributed by atoms with E-state index >= 15 is 0 Å². The van der Waals surface area contributed by atoms with Gasteiger partial charge in [0, 0.05) is 5.57 Å². The maximum absolute atomic E-state index is 5.93. The van der Waals surface area contributed by atoms with Crippen molar-refractivity contribution in [3.63, 3.8) is 0 Å². The van der Waals surface area contributed by atoms with Crippen molar-refractivity contribution in [1.82, 2.24) is 0 Å². The highest BCUT2D eigenvalue weighted by molar-refractivity contribution is 5.95. The molecule has 2 nitrogen and oxygen atoms in total. The highest BCUT2D eigenvalue weighted by Gasteiger charge is 2.52. The molecule has 1 aromatic carbocycles. The van der Waals surface area contributed by atoms with Crippen molar-refractivity contribution in [1.29, 1.82) is 0 Å². The molecular weight excluding hydrogens is 246 g/mol. The lowest BCUT2D eigenvalue weighted by Crippen LogP contribution is -2.49. The van der Waals surface area contributed by atoms with Gasteiger partial charge >= 0.3 is 0 Å². The molecule has 2 bridgehead atoms. The first-order chi connectivity index (χ1) is 9.66. The van der Waals surface area contributed by atoms with Crippen LogP contribution in [0.25, 0.3) is 0 Å². The monoisotopic (exact) mass is 267 g/mol. The molecule has 104 valence electrons. The molecule has 0 N–H and O–H groups in total. The summed E-state index contributed by atoms with van der Waals surface area (Å²) in [5.74, 6) is 2.42. The van der Waals surface area contributed by atoms with Gasteiger partial charge in [0.25, 0.3) is 0 Å².